The van der Waals surface area contributed by atoms with E-state index in [2.05, 4.69) is 36.5 Å². The first-order valence-corrected chi connectivity index (χ1v) is 8.27. The van der Waals surface area contributed by atoms with Gasteiger partial charge in [-0.1, -0.05) is 24.3 Å². The number of methoxy groups -OCH3 is 2. The van der Waals surface area contributed by atoms with Crippen LogP contribution < -0.4 is 14.8 Å². The Balaban J connectivity index is 1.88. The summed E-state index contributed by atoms with van der Waals surface area (Å²) < 4.78 is 12.9. The average molecular weight is 335 g/mol. The van der Waals surface area contributed by atoms with Gasteiger partial charge >= 0.3 is 0 Å². The molecular formula is C20H21N3O2. The van der Waals surface area contributed by atoms with Gasteiger partial charge in [0.2, 0.25) is 0 Å². The van der Waals surface area contributed by atoms with Crippen molar-refractivity contribution < 1.29 is 9.47 Å². The first-order valence-electron chi connectivity index (χ1n) is 8.27. The summed E-state index contributed by atoms with van der Waals surface area (Å²) in [6.07, 6.45) is -0.0999. The molecule has 0 radical (unpaired) electrons. The number of aromatic nitrogens is 2. The molecule has 0 saturated carbocycles. The number of nitrogens with one attached hydrogen (secondary N) is 1. The van der Waals surface area contributed by atoms with Gasteiger partial charge in [0.25, 0.3) is 0 Å². The standard InChI is InChI=1S/C20H21N3O2/c1-12-6-5-7-15-16-10-13(2)22-23(16)20(21-19(12)15)14-8-9-17(24-3)18(11-14)25-4/h5-11,20-21H,1-4H3/t20-/m0/s1. The van der Waals surface area contributed by atoms with Crippen LogP contribution in [-0.2, 0) is 0 Å². The van der Waals surface area contributed by atoms with Crippen LogP contribution in [0.4, 0.5) is 5.69 Å². The maximum absolute atomic E-state index is 5.47. The lowest BCUT2D eigenvalue weighted by atomic mass is 10.0. The van der Waals surface area contributed by atoms with Gasteiger partial charge in [-0.05, 0) is 37.6 Å². The van der Waals surface area contributed by atoms with Crippen molar-refractivity contribution in [2.45, 2.75) is 20.0 Å². The highest BCUT2D eigenvalue weighted by molar-refractivity contribution is 5.81. The monoisotopic (exact) mass is 335 g/mol. The van der Waals surface area contributed by atoms with Crippen molar-refractivity contribution in [1.29, 1.82) is 0 Å². The van der Waals surface area contributed by atoms with E-state index >= 15 is 0 Å². The van der Waals surface area contributed by atoms with E-state index in [1.54, 1.807) is 14.2 Å². The molecule has 4 rings (SSSR count). The molecule has 2 heterocycles. The fourth-order valence-corrected chi connectivity index (χ4v) is 3.43. The fraction of sp³-hybridized carbons (Fsp3) is 0.250. The minimum absolute atomic E-state index is 0.0999. The molecule has 2 aromatic carbocycles. The van der Waals surface area contributed by atoms with Gasteiger partial charge in [0.05, 0.1) is 25.6 Å². The second kappa shape index (κ2) is 5.84. The molecule has 0 bridgehead atoms. The molecule has 1 aliphatic rings. The number of para-hydroxylation sites is 1. The van der Waals surface area contributed by atoms with Crippen LogP contribution in [-0.4, -0.2) is 24.0 Å². The summed E-state index contributed by atoms with van der Waals surface area (Å²) in [7, 11) is 3.30. The van der Waals surface area contributed by atoms with Gasteiger partial charge in [0.1, 0.15) is 6.17 Å². The number of aryl methyl sites for hydroxylation is 2. The van der Waals surface area contributed by atoms with Crippen LogP contribution in [0.15, 0.2) is 42.5 Å². The van der Waals surface area contributed by atoms with E-state index in [9.17, 15) is 0 Å². The van der Waals surface area contributed by atoms with Crippen molar-refractivity contribution in [1.82, 2.24) is 9.78 Å². The maximum Gasteiger partial charge on any atom is 0.161 e. The topological polar surface area (TPSA) is 48.3 Å². The van der Waals surface area contributed by atoms with Gasteiger partial charge in [-0.25, -0.2) is 4.68 Å². The highest BCUT2D eigenvalue weighted by Crippen LogP contribution is 2.41. The lowest BCUT2D eigenvalue weighted by Gasteiger charge is -2.30. The molecule has 1 aromatic heterocycles. The van der Waals surface area contributed by atoms with Gasteiger partial charge < -0.3 is 14.8 Å². The molecule has 5 nitrogen and oxygen atoms in total. The summed E-state index contributed by atoms with van der Waals surface area (Å²) >= 11 is 0. The Labute approximate surface area is 147 Å². The first kappa shape index (κ1) is 15.6. The van der Waals surface area contributed by atoms with E-state index < -0.39 is 0 Å². The Morgan fingerprint density at radius 2 is 1.80 bits per heavy atom. The van der Waals surface area contributed by atoms with Crippen molar-refractivity contribution in [2.75, 3.05) is 19.5 Å². The van der Waals surface area contributed by atoms with Crippen molar-refractivity contribution >= 4 is 5.69 Å². The van der Waals surface area contributed by atoms with E-state index in [0.29, 0.717) is 5.75 Å². The van der Waals surface area contributed by atoms with Crippen molar-refractivity contribution in [3.8, 4) is 22.8 Å². The number of nitrogens with zero attached hydrogens (tertiary/aromatic N) is 2. The molecule has 5 heteroatoms. The number of anilines is 1. The summed E-state index contributed by atoms with van der Waals surface area (Å²) in [5, 5.41) is 8.36. The Kier molecular flexibility index (Phi) is 3.64. The maximum atomic E-state index is 5.47. The number of rotatable bonds is 3. The third kappa shape index (κ3) is 2.43. The fourth-order valence-electron chi connectivity index (χ4n) is 3.43. The number of ether oxygens (including phenoxy) is 2. The molecule has 3 aromatic rings. The lowest BCUT2D eigenvalue weighted by Crippen LogP contribution is -2.26. The summed E-state index contributed by atoms with van der Waals surface area (Å²) in [6, 6.07) is 14.4. The number of benzene rings is 2. The molecule has 0 fully saturated rings. The number of hydrogen-bond acceptors (Lipinski definition) is 4. The Hall–Kier alpha value is -2.95. The molecule has 0 saturated heterocycles. The number of hydrogen-bond donors (Lipinski definition) is 1. The molecule has 0 spiro atoms. The van der Waals surface area contributed by atoms with E-state index in [0.717, 1.165) is 28.4 Å². The highest BCUT2D eigenvalue weighted by Gasteiger charge is 2.27. The molecule has 0 unspecified atom stereocenters. The molecule has 1 aliphatic heterocycles. The molecule has 25 heavy (non-hydrogen) atoms. The van der Waals surface area contributed by atoms with Crippen LogP contribution in [0, 0.1) is 13.8 Å². The van der Waals surface area contributed by atoms with Gasteiger partial charge in [-0.3, -0.25) is 0 Å². The SMILES string of the molecule is COc1ccc([C@H]2Nc3c(C)cccc3-c3cc(C)nn32)cc1OC. The van der Waals surface area contributed by atoms with E-state index in [4.69, 9.17) is 14.6 Å². The smallest absolute Gasteiger partial charge is 0.161 e. The Bertz CT molecular complexity index is 946. The minimum atomic E-state index is -0.0999. The summed E-state index contributed by atoms with van der Waals surface area (Å²) in [4.78, 5) is 0. The highest BCUT2D eigenvalue weighted by atomic mass is 16.5. The zero-order chi connectivity index (χ0) is 17.6. The molecule has 0 amide bonds. The van der Waals surface area contributed by atoms with Crippen LogP contribution in [0.5, 0.6) is 11.5 Å². The third-order valence-corrected chi connectivity index (χ3v) is 4.66. The quantitative estimate of drug-likeness (QED) is 0.781. The molecular weight excluding hydrogens is 314 g/mol. The van der Waals surface area contributed by atoms with E-state index in [-0.39, 0.29) is 6.17 Å². The molecule has 0 aliphatic carbocycles. The van der Waals surface area contributed by atoms with Crippen LogP contribution in [0.1, 0.15) is 23.0 Å². The van der Waals surface area contributed by atoms with Crippen LogP contribution in [0.25, 0.3) is 11.3 Å². The Morgan fingerprint density at radius 3 is 2.56 bits per heavy atom. The second-order valence-corrected chi connectivity index (χ2v) is 6.27. The summed E-state index contributed by atoms with van der Waals surface area (Å²) in [5.74, 6) is 1.43. The minimum Gasteiger partial charge on any atom is -0.493 e. The zero-order valence-corrected chi connectivity index (χ0v) is 14.8. The van der Waals surface area contributed by atoms with E-state index in [1.807, 2.05) is 29.8 Å². The van der Waals surface area contributed by atoms with Gasteiger partial charge in [0.15, 0.2) is 11.5 Å². The zero-order valence-electron chi connectivity index (χ0n) is 14.8. The van der Waals surface area contributed by atoms with Crippen LogP contribution in [0.3, 0.4) is 0 Å². The van der Waals surface area contributed by atoms with E-state index in [1.165, 1.54) is 11.1 Å². The number of fused-ring (bicyclic) bond motifs is 3. The normalized spacial score (nSPS) is 15.1. The Morgan fingerprint density at radius 1 is 1.00 bits per heavy atom. The first-order chi connectivity index (χ1) is 12.1. The average Bonchev–Trinajstić information content (AvgIpc) is 3.02. The summed E-state index contributed by atoms with van der Waals surface area (Å²) in [6.45, 7) is 4.14. The van der Waals surface area contributed by atoms with Gasteiger partial charge in [-0.2, -0.15) is 5.10 Å². The van der Waals surface area contributed by atoms with Gasteiger partial charge in [-0.15, -0.1) is 0 Å². The molecule has 1 N–H and O–H groups in total. The largest absolute Gasteiger partial charge is 0.493 e. The third-order valence-electron chi connectivity index (χ3n) is 4.66. The molecule has 1 atom stereocenters. The summed E-state index contributed by atoms with van der Waals surface area (Å²) in [5.41, 5.74) is 6.72. The van der Waals surface area contributed by atoms with Crippen molar-refractivity contribution in [3.63, 3.8) is 0 Å². The predicted octanol–water partition coefficient (Wildman–Crippen LogP) is 4.16. The molecule has 128 valence electrons. The van der Waals surface area contributed by atoms with Crippen LogP contribution >= 0.6 is 0 Å². The van der Waals surface area contributed by atoms with Crippen molar-refractivity contribution in [3.05, 3.63) is 59.3 Å². The van der Waals surface area contributed by atoms with Gasteiger partial charge in [0, 0.05) is 16.8 Å². The predicted molar refractivity (Wildman–Crippen MR) is 98.4 cm³/mol. The van der Waals surface area contributed by atoms with Crippen molar-refractivity contribution in [2.24, 2.45) is 0 Å². The van der Waals surface area contributed by atoms with Crippen LogP contribution in [0.2, 0.25) is 0 Å². The second-order valence-electron chi connectivity index (χ2n) is 6.27. The lowest BCUT2D eigenvalue weighted by molar-refractivity contribution is 0.354.